The number of aryl methyl sites for hydroxylation is 1. The zero-order valence-electron chi connectivity index (χ0n) is 12.6. The van der Waals surface area contributed by atoms with Crippen molar-refractivity contribution in [2.75, 3.05) is 26.7 Å². The SMILES string of the molecule is CNCc1cc(S(=O)(=O)NC2CN3CCC2CC3)c(C)o1. The van der Waals surface area contributed by atoms with E-state index in [1.807, 2.05) is 0 Å². The Morgan fingerprint density at radius 3 is 2.67 bits per heavy atom. The van der Waals surface area contributed by atoms with Crippen LogP contribution in [0.4, 0.5) is 0 Å². The number of hydrogen-bond acceptors (Lipinski definition) is 5. The highest BCUT2D eigenvalue weighted by Gasteiger charge is 2.37. The number of piperidine rings is 3. The quantitative estimate of drug-likeness (QED) is 0.836. The molecule has 2 bridgehead atoms. The first kappa shape index (κ1) is 15.0. The van der Waals surface area contributed by atoms with E-state index in [0.717, 1.165) is 32.5 Å². The third-order valence-corrected chi connectivity index (χ3v) is 6.12. The monoisotopic (exact) mass is 313 g/mol. The molecule has 0 aliphatic carbocycles. The van der Waals surface area contributed by atoms with Crippen LogP contribution in [-0.4, -0.2) is 46.0 Å². The van der Waals surface area contributed by atoms with Crippen LogP contribution in [0, 0.1) is 12.8 Å². The summed E-state index contributed by atoms with van der Waals surface area (Å²) in [6.45, 7) is 5.24. The molecule has 1 aromatic heterocycles. The van der Waals surface area contributed by atoms with Crippen LogP contribution in [-0.2, 0) is 16.6 Å². The molecule has 118 valence electrons. The molecule has 3 fully saturated rings. The molecular formula is C14H23N3O3S. The maximum Gasteiger partial charge on any atom is 0.244 e. The Morgan fingerprint density at radius 1 is 1.38 bits per heavy atom. The molecule has 4 heterocycles. The minimum Gasteiger partial charge on any atom is -0.464 e. The average molecular weight is 313 g/mol. The van der Waals surface area contributed by atoms with Crippen LogP contribution in [0.15, 0.2) is 15.4 Å². The summed E-state index contributed by atoms with van der Waals surface area (Å²) in [7, 11) is -1.71. The zero-order chi connectivity index (χ0) is 15.0. The van der Waals surface area contributed by atoms with Gasteiger partial charge in [-0.1, -0.05) is 0 Å². The molecule has 0 spiro atoms. The Hall–Kier alpha value is -0.890. The van der Waals surface area contributed by atoms with Gasteiger partial charge in [-0.3, -0.25) is 0 Å². The lowest BCUT2D eigenvalue weighted by atomic mass is 9.85. The second kappa shape index (κ2) is 5.72. The molecule has 0 saturated carbocycles. The summed E-state index contributed by atoms with van der Waals surface area (Å²) in [5.74, 6) is 1.56. The Balaban J connectivity index is 1.77. The van der Waals surface area contributed by atoms with E-state index in [1.54, 1.807) is 20.0 Å². The van der Waals surface area contributed by atoms with Crippen molar-refractivity contribution in [1.29, 1.82) is 0 Å². The lowest BCUT2D eigenvalue weighted by molar-refractivity contribution is 0.0827. The molecular weight excluding hydrogens is 290 g/mol. The van der Waals surface area contributed by atoms with Crippen LogP contribution in [0.1, 0.15) is 24.4 Å². The zero-order valence-corrected chi connectivity index (χ0v) is 13.4. The smallest absolute Gasteiger partial charge is 0.244 e. The molecule has 2 N–H and O–H groups in total. The van der Waals surface area contributed by atoms with Gasteiger partial charge in [0.05, 0.1) is 6.54 Å². The molecule has 0 aromatic carbocycles. The summed E-state index contributed by atoms with van der Waals surface area (Å²) in [5.41, 5.74) is 0. The maximum atomic E-state index is 12.6. The van der Waals surface area contributed by atoms with Crippen molar-refractivity contribution in [3.8, 4) is 0 Å². The van der Waals surface area contributed by atoms with Crippen LogP contribution in [0.5, 0.6) is 0 Å². The minimum absolute atomic E-state index is 0.0274. The van der Waals surface area contributed by atoms with Gasteiger partial charge >= 0.3 is 0 Å². The molecule has 0 radical (unpaired) electrons. The maximum absolute atomic E-state index is 12.6. The molecule has 1 aromatic rings. The summed E-state index contributed by atoms with van der Waals surface area (Å²) in [4.78, 5) is 2.60. The Bertz CT molecular complexity index is 603. The van der Waals surface area contributed by atoms with E-state index in [-0.39, 0.29) is 10.9 Å². The van der Waals surface area contributed by atoms with E-state index >= 15 is 0 Å². The molecule has 7 heteroatoms. The lowest BCUT2D eigenvalue weighted by Crippen LogP contribution is -2.57. The van der Waals surface area contributed by atoms with Gasteiger partial charge in [0, 0.05) is 18.7 Å². The highest BCUT2D eigenvalue weighted by atomic mass is 32.2. The van der Waals surface area contributed by atoms with Gasteiger partial charge in [0.1, 0.15) is 16.4 Å². The van der Waals surface area contributed by atoms with Crippen LogP contribution >= 0.6 is 0 Å². The summed E-state index contributed by atoms with van der Waals surface area (Å²) < 4.78 is 33.6. The predicted octanol–water partition coefficient (Wildman–Crippen LogP) is 0.680. The molecule has 3 aliphatic rings. The number of rotatable bonds is 5. The van der Waals surface area contributed by atoms with Gasteiger partial charge < -0.3 is 14.6 Å². The second-order valence-electron chi connectivity index (χ2n) is 6.03. The van der Waals surface area contributed by atoms with E-state index in [4.69, 9.17) is 4.42 Å². The van der Waals surface area contributed by atoms with Crippen molar-refractivity contribution in [3.63, 3.8) is 0 Å². The number of nitrogens with one attached hydrogen (secondary N) is 2. The fraction of sp³-hybridized carbons (Fsp3) is 0.714. The lowest BCUT2D eigenvalue weighted by Gasteiger charge is -2.44. The van der Waals surface area contributed by atoms with Gasteiger partial charge in [0.15, 0.2) is 0 Å². The van der Waals surface area contributed by atoms with Crippen LogP contribution < -0.4 is 10.0 Å². The molecule has 3 saturated heterocycles. The molecule has 0 amide bonds. The first-order chi connectivity index (χ1) is 9.99. The Labute approximate surface area is 125 Å². The minimum atomic E-state index is -3.51. The number of sulfonamides is 1. The average Bonchev–Trinajstić information content (AvgIpc) is 2.82. The fourth-order valence-corrected chi connectivity index (χ4v) is 4.91. The summed E-state index contributed by atoms with van der Waals surface area (Å²) >= 11 is 0. The topological polar surface area (TPSA) is 74.6 Å². The van der Waals surface area contributed by atoms with E-state index < -0.39 is 10.0 Å². The summed E-state index contributed by atoms with van der Waals surface area (Å²) in [6.07, 6.45) is 2.17. The summed E-state index contributed by atoms with van der Waals surface area (Å²) in [6, 6.07) is 1.65. The third-order valence-electron chi connectivity index (χ3n) is 4.53. The standard InChI is InChI=1S/C14H23N3O3S/c1-10-14(7-12(20-10)8-15-2)21(18,19)16-13-9-17-5-3-11(13)4-6-17/h7,11,13,15-16H,3-6,8-9H2,1-2H3. The first-order valence-electron chi connectivity index (χ1n) is 7.48. The summed E-state index contributed by atoms with van der Waals surface area (Å²) in [5, 5.41) is 2.96. The van der Waals surface area contributed by atoms with Gasteiger partial charge in [-0.2, -0.15) is 0 Å². The normalized spacial score (nSPS) is 29.0. The van der Waals surface area contributed by atoms with Crippen molar-refractivity contribution in [1.82, 2.24) is 14.9 Å². The molecule has 4 rings (SSSR count). The van der Waals surface area contributed by atoms with Crippen molar-refractivity contribution in [2.24, 2.45) is 5.92 Å². The third kappa shape index (κ3) is 3.01. The van der Waals surface area contributed by atoms with Crippen molar-refractivity contribution < 1.29 is 12.8 Å². The van der Waals surface area contributed by atoms with Gasteiger partial charge in [0.25, 0.3) is 0 Å². The highest BCUT2D eigenvalue weighted by molar-refractivity contribution is 7.89. The molecule has 1 atom stereocenters. The van der Waals surface area contributed by atoms with E-state index in [2.05, 4.69) is 14.9 Å². The highest BCUT2D eigenvalue weighted by Crippen LogP contribution is 2.29. The molecule has 6 nitrogen and oxygen atoms in total. The number of fused-ring (bicyclic) bond motifs is 3. The number of hydrogen-bond donors (Lipinski definition) is 2. The van der Waals surface area contributed by atoms with Crippen molar-refractivity contribution in [2.45, 2.75) is 37.2 Å². The van der Waals surface area contributed by atoms with E-state index in [1.165, 1.54) is 0 Å². The van der Waals surface area contributed by atoms with Gasteiger partial charge in [0.2, 0.25) is 10.0 Å². The first-order valence-corrected chi connectivity index (χ1v) is 8.96. The van der Waals surface area contributed by atoms with Crippen LogP contribution in [0.3, 0.4) is 0 Å². The molecule has 3 aliphatic heterocycles. The van der Waals surface area contributed by atoms with Crippen LogP contribution in [0.2, 0.25) is 0 Å². The van der Waals surface area contributed by atoms with Gasteiger partial charge in [-0.15, -0.1) is 0 Å². The Morgan fingerprint density at radius 2 is 2.10 bits per heavy atom. The van der Waals surface area contributed by atoms with Gasteiger partial charge in [-0.05, 0) is 45.8 Å². The predicted molar refractivity (Wildman–Crippen MR) is 79.5 cm³/mol. The van der Waals surface area contributed by atoms with E-state index in [9.17, 15) is 8.42 Å². The number of furan rings is 1. The van der Waals surface area contributed by atoms with Crippen molar-refractivity contribution in [3.05, 3.63) is 17.6 Å². The fourth-order valence-electron chi connectivity index (χ4n) is 3.41. The second-order valence-corrected chi connectivity index (χ2v) is 7.71. The Kier molecular flexibility index (Phi) is 4.09. The molecule has 1 unspecified atom stereocenters. The van der Waals surface area contributed by atoms with Crippen molar-refractivity contribution >= 4 is 10.0 Å². The van der Waals surface area contributed by atoms with Gasteiger partial charge in [-0.25, -0.2) is 13.1 Å². The molecule has 21 heavy (non-hydrogen) atoms. The largest absolute Gasteiger partial charge is 0.464 e. The van der Waals surface area contributed by atoms with Crippen LogP contribution in [0.25, 0.3) is 0 Å². The number of nitrogens with zero attached hydrogens (tertiary/aromatic N) is 1. The van der Waals surface area contributed by atoms with E-state index in [0.29, 0.717) is 24.0 Å².